The number of ether oxygens (including phenoxy) is 1. The molecule has 1 N–H and O–H groups in total. The molecule has 152 valence electrons. The molecule has 0 radical (unpaired) electrons. The first-order valence-electron chi connectivity index (χ1n) is 9.58. The molecule has 2 aromatic rings. The molecule has 3 rings (SSSR count). The van der Waals surface area contributed by atoms with Crippen molar-refractivity contribution in [1.29, 1.82) is 0 Å². The summed E-state index contributed by atoms with van der Waals surface area (Å²) < 4.78 is 5.50. The number of rotatable bonds is 7. The van der Waals surface area contributed by atoms with Crippen molar-refractivity contribution in [3.63, 3.8) is 0 Å². The molecule has 6 nitrogen and oxygen atoms in total. The average Bonchev–Trinajstić information content (AvgIpc) is 2.92. The van der Waals surface area contributed by atoms with Crippen molar-refractivity contribution in [3.05, 3.63) is 71.3 Å². The highest BCUT2D eigenvalue weighted by atomic mass is 16.5. The average molecular weight is 395 g/mol. The summed E-state index contributed by atoms with van der Waals surface area (Å²) in [4.78, 5) is 40.1. The Bertz CT molecular complexity index is 885. The highest BCUT2D eigenvalue weighted by Crippen LogP contribution is 2.36. The molecule has 6 heteroatoms. The summed E-state index contributed by atoms with van der Waals surface area (Å²) in [5.74, 6) is -1.72. The number of hydrogen-bond donors (Lipinski definition) is 1. The first-order chi connectivity index (χ1) is 13.7. The monoisotopic (exact) mass is 395 g/mol. The third kappa shape index (κ3) is 4.22. The summed E-state index contributed by atoms with van der Waals surface area (Å²) in [6.45, 7) is 5.13. The van der Waals surface area contributed by atoms with E-state index in [0.29, 0.717) is 0 Å². The van der Waals surface area contributed by atoms with Crippen molar-refractivity contribution in [2.24, 2.45) is 5.41 Å². The van der Waals surface area contributed by atoms with Gasteiger partial charge in [0, 0.05) is 0 Å². The fourth-order valence-electron chi connectivity index (χ4n) is 3.90. The van der Waals surface area contributed by atoms with Gasteiger partial charge in [0.05, 0.1) is 17.2 Å². The Hall–Kier alpha value is -2.99. The van der Waals surface area contributed by atoms with Crippen LogP contribution in [0.4, 0.5) is 0 Å². The van der Waals surface area contributed by atoms with Gasteiger partial charge in [0.1, 0.15) is 12.6 Å². The Morgan fingerprint density at radius 1 is 1.00 bits per heavy atom. The van der Waals surface area contributed by atoms with E-state index in [1.54, 1.807) is 45.0 Å². The Kier molecular flexibility index (Phi) is 5.84. The van der Waals surface area contributed by atoms with Crippen LogP contribution in [0.3, 0.4) is 0 Å². The lowest BCUT2D eigenvalue weighted by molar-refractivity contribution is -0.154. The molecule has 0 fully saturated rings. The van der Waals surface area contributed by atoms with Gasteiger partial charge in [-0.3, -0.25) is 14.5 Å². The second-order valence-corrected chi connectivity index (χ2v) is 8.06. The molecule has 2 amide bonds. The minimum Gasteiger partial charge on any atom is -0.459 e. The van der Waals surface area contributed by atoms with E-state index in [0.717, 1.165) is 10.5 Å². The van der Waals surface area contributed by atoms with Gasteiger partial charge in [-0.15, -0.1) is 0 Å². The van der Waals surface area contributed by atoms with E-state index in [2.05, 4.69) is 0 Å². The smallest absolute Gasteiger partial charge is 0.330 e. The molecule has 1 aliphatic rings. The van der Waals surface area contributed by atoms with E-state index in [9.17, 15) is 19.5 Å². The minimum atomic E-state index is -1.16. The topological polar surface area (TPSA) is 83.9 Å². The Balaban J connectivity index is 1.93. The molecule has 2 unspecified atom stereocenters. The van der Waals surface area contributed by atoms with Gasteiger partial charge in [0.25, 0.3) is 11.8 Å². The zero-order valence-electron chi connectivity index (χ0n) is 16.8. The normalized spacial score (nSPS) is 15.8. The van der Waals surface area contributed by atoms with E-state index >= 15 is 0 Å². The number of imide groups is 1. The van der Waals surface area contributed by atoms with E-state index in [-0.39, 0.29) is 24.2 Å². The van der Waals surface area contributed by atoms with Crippen molar-refractivity contribution in [1.82, 2.24) is 4.90 Å². The van der Waals surface area contributed by atoms with Gasteiger partial charge in [-0.2, -0.15) is 0 Å². The van der Waals surface area contributed by atoms with Crippen LogP contribution < -0.4 is 0 Å². The number of carbonyl (C=O) groups excluding carboxylic acids is 3. The Labute approximate surface area is 170 Å². The lowest BCUT2D eigenvalue weighted by Crippen LogP contribution is -2.54. The number of amides is 2. The molecular formula is C23H25NO5. The van der Waals surface area contributed by atoms with Crippen LogP contribution in [0.2, 0.25) is 0 Å². The fourth-order valence-corrected chi connectivity index (χ4v) is 3.90. The second kappa shape index (κ2) is 8.17. The lowest BCUT2D eigenvalue weighted by Gasteiger charge is -2.38. The summed E-state index contributed by atoms with van der Waals surface area (Å²) >= 11 is 0. The Morgan fingerprint density at radius 2 is 1.52 bits per heavy atom. The van der Waals surface area contributed by atoms with Crippen LogP contribution in [-0.4, -0.2) is 39.9 Å². The van der Waals surface area contributed by atoms with Gasteiger partial charge in [-0.05, 0) is 36.5 Å². The molecule has 0 spiro atoms. The molecule has 2 atom stereocenters. The molecule has 0 aliphatic carbocycles. The van der Waals surface area contributed by atoms with Crippen LogP contribution in [-0.2, 0) is 16.1 Å². The molecule has 2 aromatic carbocycles. The van der Waals surface area contributed by atoms with E-state index < -0.39 is 35.3 Å². The maximum absolute atomic E-state index is 13.1. The molecule has 1 aliphatic heterocycles. The molecule has 0 aromatic heterocycles. The summed E-state index contributed by atoms with van der Waals surface area (Å²) in [7, 11) is 0. The molecule has 0 saturated heterocycles. The van der Waals surface area contributed by atoms with Crippen molar-refractivity contribution in [2.45, 2.75) is 45.9 Å². The van der Waals surface area contributed by atoms with E-state index in [4.69, 9.17) is 4.74 Å². The van der Waals surface area contributed by atoms with E-state index in [1.807, 2.05) is 30.3 Å². The van der Waals surface area contributed by atoms with Gasteiger partial charge in [0.2, 0.25) is 0 Å². The first kappa shape index (κ1) is 20.7. The van der Waals surface area contributed by atoms with Crippen LogP contribution in [0.15, 0.2) is 54.6 Å². The third-order valence-electron chi connectivity index (χ3n) is 5.09. The van der Waals surface area contributed by atoms with Gasteiger partial charge in [-0.25, -0.2) is 4.79 Å². The zero-order valence-corrected chi connectivity index (χ0v) is 16.8. The van der Waals surface area contributed by atoms with Gasteiger partial charge < -0.3 is 9.84 Å². The van der Waals surface area contributed by atoms with E-state index in [1.165, 1.54) is 0 Å². The zero-order chi connectivity index (χ0) is 21.2. The quantitative estimate of drug-likeness (QED) is 0.575. The number of hydrogen-bond acceptors (Lipinski definition) is 5. The maximum Gasteiger partial charge on any atom is 0.330 e. The summed E-state index contributed by atoms with van der Waals surface area (Å²) in [5, 5.41) is 9.93. The minimum absolute atomic E-state index is 0.0318. The van der Waals surface area contributed by atoms with Crippen LogP contribution in [0, 0.1) is 5.41 Å². The first-order valence-corrected chi connectivity index (χ1v) is 9.58. The standard InChI is InChI=1S/C23H25NO5/c1-15(25)13-23(2,3)19(22(28)29-14-16-9-5-4-6-10-16)24-20(26)17-11-7-8-12-18(17)21(24)27/h4-12,15,19,25H,13-14H2,1-3H3. The maximum atomic E-state index is 13.1. The van der Waals surface area contributed by atoms with Crippen LogP contribution in [0.1, 0.15) is 53.5 Å². The van der Waals surface area contributed by atoms with Crippen molar-refractivity contribution < 1.29 is 24.2 Å². The molecule has 0 bridgehead atoms. The number of carbonyl (C=O) groups is 3. The fraction of sp³-hybridized carbons (Fsp3) is 0.348. The van der Waals surface area contributed by atoms with Crippen molar-refractivity contribution in [2.75, 3.05) is 0 Å². The number of aliphatic hydroxyl groups excluding tert-OH is 1. The lowest BCUT2D eigenvalue weighted by atomic mass is 9.78. The highest BCUT2D eigenvalue weighted by molar-refractivity contribution is 6.22. The number of fused-ring (bicyclic) bond motifs is 1. The van der Waals surface area contributed by atoms with Crippen molar-refractivity contribution in [3.8, 4) is 0 Å². The van der Waals surface area contributed by atoms with Crippen LogP contribution >= 0.6 is 0 Å². The summed E-state index contributed by atoms with van der Waals surface area (Å²) in [5.41, 5.74) is 0.447. The Morgan fingerprint density at radius 3 is 2.03 bits per heavy atom. The van der Waals surface area contributed by atoms with Crippen LogP contribution in [0.5, 0.6) is 0 Å². The molecule has 0 saturated carbocycles. The number of aliphatic hydroxyl groups is 1. The predicted octanol–water partition coefficient (Wildman–Crippen LogP) is 3.19. The predicted molar refractivity (Wildman–Crippen MR) is 107 cm³/mol. The van der Waals surface area contributed by atoms with Crippen LogP contribution in [0.25, 0.3) is 0 Å². The number of esters is 1. The number of benzene rings is 2. The summed E-state index contributed by atoms with van der Waals surface area (Å²) in [6.07, 6.45) is -0.504. The molecular weight excluding hydrogens is 370 g/mol. The largest absolute Gasteiger partial charge is 0.459 e. The molecule has 1 heterocycles. The third-order valence-corrected chi connectivity index (χ3v) is 5.09. The van der Waals surface area contributed by atoms with Gasteiger partial charge >= 0.3 is 5.97 Å². The van der Waals surface area contributed by atoms with Gasteiger partial charge in [0.15, 0.2) is 0 Å². The molecule has 29 heavy (non-hydrogen) atoms. The second-order valence-electron chi connectivity index (χ2n) is 8.06. The van der Waals surface area contributed by atoms with Gasteiger partial charge in [-0.1, -0.05) is 56.3 Å². The van der Waals surface area contributed by atoms with Crippen molar-refractivity contribution >= 4 is 17.8 Å². The summed E-state index contributed by atoms with van der Waals surface area (Å²) in [6, 6.07) is 14.5. The number of nitrogens with zero attached hydrogens (tertiary/aromatic N) is 1. The highest BCUT2D eigenvalue weighted by Gasteiger charge is 2.50. The SMILES string of the molecule is CC(O)CC(C)(C)C(C(=O)OCc1ccccc1)N1C(=O)c2ccccc2C1=O.